The van der Waals surface area contributed by atoms with E-state index in [0.29, 0.717) is 32.8 Å². The summed E-state index contributed by atoms with van der Waals surface area (Å²) in [7, 11) is 0. The maximum atomic E-state index is 12.7. The van der Waals surface area contributed by atoms with E-state index in [1.807, 2.05) is 38.1 Å². The second-order valence-corrected chi connectivity index (χ2v) is 7.00. The van der Waals surface area contributed by atoms with Crippen LogP contribution in [0.25, 0.3) is 11.1 Å². The summed E-state index contributed by atoms with van der Waals surface area (Å²) in [5, 5.41) is 3.30. The van der Waals surface area contributed by atoms with Gasteiger partial charge in [-0.2, -0.15) is 13.2 Å². The van der Waals surface area contributed by atoms with Crippen molar-refractivity contribution in [2.45, 2.75) is 39.4 Å². The SMILES string of the molecule is CCCCOC(=O)N(CC)CCNCc1ccc(-c2ccc(C(F)(F)F)cc2)cc1. The van der Waals surface area contributed by atoms with Crippen LogP contribution in [0.1, 0.15) is 37.8 Å². The maximum absolute atomic E-state index is 12.7. The predicted octanol–water partition coefficient (Wildman–Crippen LogP) is 5.72. The van der Waals surface area contributed by atoms with Gasteiger partial charge < -0.3 is 15.0 Å². The van der Waals surface area contributed by atoms with Gasteiger partial charge in [0, 0.05) is 26.2 Å². The van der Waals surface area contributed by atoms with Crippen molar-refractivity contribution in [3.05, 3.63) is 59.7 Å². The van der Waals surface area contributed by atoms with Crippen LogP contribution < -0.4 is 5.32 Å². The molecule has 0 aliphatic heterocycles. The highest BCUT2D eigenvalue weighted by atomic mass is 19.4. The Hall–Kier alpha value is -2.54. The molecule has 164 valence electrons. The van der Waals surface area contributed by atoms with Gasteiger partial charge in [-0.1, -0.05) is 49.7 Å². The van der Waals surface area contributed by atoms with Crippen molar-refractivity contribution < 1.29 is 22.7 Å². The van der Waals surface area contributed by atoms with Crippen LogP contribution in [0.3, 0.4) is 0 Å². The zero-order valence-corrected chi connectivity index (χ0v) is 17.5. The number of nitrogens with zero attached hydrogens (tertiary/aromatic N) is 1. The lowest BCUT2D eigenvalue weighted by atomic mass is 10.0. The maximum Gasteiger partial charge on any atom is 0.416 e. The van der Waals surface area contributed by atoms with Gasteiger partial charge in [-0.05, 0) is 42.2 Å². The molecular formula is C23H29F3N2O2. The van der Waals surface area contributed by atoms with Gasteiger partial charge in [0.2, 0.25) is 0 Å². The van der Waals surface area contributed by atoms with Gasteiger partial charge in [-0.3, -0.25) is 0 Å². The number of nitrogens with one attached hydrogen (secondary N) is 1. The van der Waals surface area contributed by atoms with Crippen molar-refractivity contribution in [1.82, 2.24) is 10.2 Å². The highest BCUT2D eigenvalue weighted by molar-refractivity contribution is 5.67. The van der Waals surface area contributed by atoms with Crippen molar-refractivity contribution in [3.8, 4) is 11.1 Å². The Bertz CT molecular complexity index is 775. The molecule has 1 N–H and O–H groups in total. The van der Waals surface area contributed by atoms with Gasteiger partial charge in [0.1, 0.15) is 0 Å². The number of amides is 1. The predicted molar refractivity (Wildman–Crippen MR) is 112 cm³/mol. The zero-order valence-electron chi connectivity index (χ0n) is 17.5. The van der Waals surface area contributed by atoms with Crippen molar-refractivity contribution >= 4 is 6.09 Å². The van der Waals surface area contributed by atoms with E-state index in [-0.39, 0.29) is 6.09 Å². The van der Waals surface area contributed by atoms with Crippen LogP contribution in [-0.2, 0) is 17.5 Å². The number of hydrogen-bond donors (Lipinski definition) is 1. The van der Waals surface area contributed by atoms with E-state index in [1.165, 1.54) is 12.1 Å². The fourth-order valence-corrected chi connectivity index (χ4v) is 2.89. The minimum atomic E-state index is -4.33. The molecule has 2 aromatic carbocycles. The minimum absolute atomic E-state index is 0.284. The number of unbranched alkanes of at least 4 members (excludes halogenated alkanes) is 1. The molecule has 0 aliphatic rings. The second kappa shape index (κ2) is 11.6. The first-order chi connectivity index (χ1) is 14.3. The molecule has 0 spiro atoms. The van der Waals surface area contributed by atoms with E-state index < -0.39 is 11.7 Å². The first kappa shape index (κ1) is 23.7. The van der Waals surface area contributed by atoms with Crippen LogP contribution in [0.15, 0.2) is 48.5 Å². The molecule has 0 radical (unpaired) electrons. The molecule has 0 aromatic heterocycles. The number of hydrogen-bond acceptors (Lipinski definition) is 3. The summed E-state index contributed by atoms with van der Waals surface area (Å²) >= 11 is 0. The second-order valence-electron chi connectivity index (χ2n) is 7.00. The molecule has 4 nitrogen and oxygen atoms in total. The molecule has 0 saturated carbocycles. The van der Waals surface area contributed by atoms with Crippen LogP contribution in [0.5, 0.6) is 0 Å². The fraction of sp³-hybridized carbons (Fsp3) is 0.435. The van der Waals surface area contributed by atoms with Gasteiger partial charge >= 0.3 is 12.3 Å². The largest absolute Gasteiger partial charge is 0.449 e. The first-order valence-electron chi connectivity index (χ1n) is 10.2. The average molecular weight is 422 g/mol. The van der Waals surface area contributed by atoms with E-state index >= 15 is 0 Å². The van der Waals surface area contributed by atoms with Crippen molar-refractivity contribution in [1.29, 1.82) is 0 Å². The van der Waals surface area contributed by atoms with Gasteiger partial charge in [0.15, 0.2) is 0 Å². The molecule has 0 saturated heterocycles. The summed E-state index contributed by atoms with van der Waals surface area (Å²) in [6, 6.07) is 12.8. The van der Waals surface area contributed by atoms with E-state index in [1.54, 1.807) is 4.90 Å². The molecule has 0 fully saturated rings. The highest BCUT2D eigenvalue weighted by Gasteiger charge is 2.29. The normalized spacial score (nSPS) is 11.4. The number of carbonyl (C=O) groups excluding carboxylic acids is 1. The van der Waals surface area contributed by atoms with Crippen LogP contribution >= 0.6 is 0 Å². The topological polar surface area (TPSA) is 41.6 Å². The number of likely N-dealkylation sites (N-methyl/N-ethyl adjacent to an activating group) is 1. The number of rotatable bonds is 10. The van der Waals surface area contributed by atoms with Gasteiger partial charge in [-0.15, -0.1) is 0 Å². The molecule has 2 rings (SSSR count). The molecule has 0 heterocycles. The number of alkyl halides is 3. The molecule has 7 heteroatoms. The Labute approximate surface area is 176 Å². The Kier molecular flexibility index (Phi) is 9.17. The minimum Gasteiger partial charge on any atom is -0.449 e. The summed E-state index contributed by atoms with van der Waals surface area (Å²) in [6.45, 7) is 6.84. The molecule has 0 aliphatic carbocycles. The summed E-state index contributed by atoms with van der Waals surface area (Å²) in [5.74, 6) is 0. The summed E-state index contributed by atoms with van der Waals surface area (Å²) in [5.41, 5.74) is 2.00. The lowest BCUT2D eigenvalue weighted by Crippen LogP contribution is -2.37. The van der Waals surface area contributed by atoms with Crippen LogP contribution in [0.2, 0.25) is 0 Å². The van der Waals surface area contributed by atoms with E-state index in [2.05, 4.69) is 5.32 Å². The molecule has 0 unspecified atom stereocenters. The monoisotopic (exact) mass is 422 g/mol. The van der Waals surface area contributed by atoms with Crippen LogP contribution in [0.4, 0.5) is 18.0 Å². The Morgan fingerprint density at radius 2 is 1.60 bits per heavy atom. The Balaban J connectivity index is 1.80. The van der Waals surface area contributed by atoms with Gasteiger partial charge in [-0.25, -0.2) is 4.79 Å². The molecule has 2 aromatic rings. The number of benzene rings is 2. The summed E-state index contributed by atoms with van der Waals surface area (Å²) < 4.78 is 43.2. The molecule has 0 bridgehead atoms. The van der Waals surface area contributed by atoms with Crippen molar-refractivity contribution in [3.63, 3.8) is 0 Å². The quantitative estimate of drug-likeness (QED) is 0.498. The first-order valence-corrected chi connectivity index (χ1v) is 10.2. The van der Waals surface area contributed by atoms with Crippen LogP contribution in [-0.4, -0.2) is 37.2 Å². The van der Waals surface area contributed by atoms with E-state index in [0.717, 1.165) is 41.7 Å². The number of ether oxygens (including phenoxy) is 1. The zero-order chi connectivity index (χ0) is 22.0. The van der Waals surface area contributed by atoms with E-state index in [4.69, 9.17) is 4.74 Å². The van der Waals surface area contributed by atoms with Gasteiger partial charge in [0.25, 0.3) is 0 Å². The third-order valence-corrected chi connectivity index (χ3v) is 4.75. The number of carbonyl (C=O) groups is 1. The Morgan fingerprint density at radius 3 is 2.13 bits per heavy atom. The highest BCUT2D eigenvalue weighted by Crippen LogP contribution is 2.31. The fourth-order valence-electron chi connectivity index (χ4n) is 2.89. The van der Waals surface area contributed by atoms with Crippen LogP contribution in [0, 0.1) is 0 Å². The lowest BCUT2D eigenvalue weighted by molar-refractivity contribution is -0.137. The standard InChI is InChI=1S/C23H29F3N2O2/c1-3-5-16-30-22(29)28(4-2)15-14-27-17-18-6-8-19(9-7-18)20-10-12-21(13-11-20)23(24,25)26/h6-13,27H,3-5,14-17H2,1-2H3. The third-order valence-electron chi connectivity index (χ3n) is 4.75. The Morgan fingerprint density at radius 1 is 1.00 bits per heavy atom. The summed E-state index contributed by atoms with van der Waals surface area (Å²) in [4.78, 5) is 13.6. The third kappa shape index (κ3) is 7.37. The van der Waals surface area contributed by atoms with E-state index in [9.17, 15) is 18.0 Å². The molecule has 0 atom stereocenters. The molecular weight excluding hydrogens is 393 g/mol. The lowest BCUT2D eigenvalue weighted by Gasteiger charge is -2.20. The number of halogens is 3. The smallest absolute Gasteiger partial charge is 0.416 e. The summed E-state index contributed by atoms with van der Waals surface area (Å²) in [6.07, 6.45) is -2.76. The average Bonchev–Trinajstić information content (AvgIpc) is 2.74. The molecule has 1 amide bonds. The van der Waals surface area contributed by atoms with Crippen molar-refractivity contribution in [2.75, 3.05) is 26.2 Å². The van der Waals surface area contributed by atoms with Crippen molar-refractivity contribution in [2.24, 2.45) is 0 Å². The molecule has 30 heavy (non-hydrogen) atoms. The van der Waals surface area contributed by atoms with Gasteiger partial charge in [0.05, 0.1) is 12.2 Å².